The van der Waals surface area contributed by atoms with Crippen LogP contribution in [-0.4, -0.2) is 54.4 Å². The maximum Gasteiger partial charge on any atom is 0.191 e. The van der Waals surface area contributed by atoms with E-state index in [2.05, 4.69) is 51.6 Å². The quantitative estimate of drug-likeness (QED) is 0.522. The molecule has 0 bridgehead atoms. The molecule has 1 unspecified atom stereocenters. The van der Waals surface area contributed by atoms with Crippen LogP contribution in [0.3, 0.4) is 0 Å². The third-order valence-electron chi connectivity index (χ3n) is 4.78. The summed E-state index contributed by atoms with van der Waals surface area (Å²) >= 11 is 0. The van der Waals surface area contributed by atoms with Crippen LogP contribution in [0.2, 0.25) is 0 Å². The van der Waals surface area contributed by atoms with Gasteiger partial charge in [0.1, 0.15) is 5.75 Å². The number of guanidine groups is 1. The zero-order valence-corrected chi connectivity index (χ0v) is 17.1. The van der Waals surface area contributed by atoms with Gasteiger partial charge in [0.2, 0.25) is 0 Å². The highest BCUT2D eigenvalue weighted by molar-refractivity contribution is 5.79. The molecule has 0 fully saturated rings. The fourth-order valence-electron chi connectivity index (χ4n) is 3.13. The number of aryl methyl sites for hydroxylation is 1. The van der Waals surface area contributed by atoms with Crippen molar-refractivity contribution >= 4 is 5.96 Å². The Morgan fingerprint density at radius 1 is 1.26 bits per heavy atom. The van der Waals surface area contributed by atoms with E-state index in [1.54, 1.807) is 20.4 Å². The predicted octanol–water partition coefficient (Wildman–Crippen LogP) is 2.18. The zero-order valence-electron chi connectivity index (χ0n) is 17.1. The van der Waals surface area contributed by atoms with Gasteiger partial charge in [-0.3, -0.25) is 14.6 Å². The number of likely N-dealkylation sites (N-methyl/N-ethyl adjacent to an activating group) is 1. The smallest absolute Gasteiger partial charge is 0.191 e. The Bertz CT molecular complexity index is 723. The number of hydrogen-bond acceptors (Lipinski definition) is 4. The summed E-state index contributed by atoms with van der Waals surface area (Å²) in [5, 5.41) is 11.0. The van der Waals surface area contributed by atoms with E-state index in [-0.39, 0.29) is 6.04 Å². The topological polar surface area (TPSA) is 66.7 Å². The first kappa shape index (κ1) is 20.8. The van der Waals surface area contributed by atoms with Crippen LogP contribution in [0.4, 0.5) is 0 Å². The fourth-order valence-corrected chi connectivity index (χ4v) is 3.13. The first-order chi connectivity index (χ1) is 13.1. The maximum atomic E-state index is 5.41. The number of ether oxygens (including phenoxy) is 1. The van der Waals surface area contributed by atoms with Gasteiger partial charge in [-0.25, -0.2) is 0 Å². The van der Waals surface area contributed by atoms with Crippen molar-refractivity contribution in [2.24, 2.45) is 12.0 Å². The Labute approximate surface area is 162 Å². The van der Waals surface area contributed by atoms with Crippen molar-refractivity contribution in [3.63, 3.8) is 0 Å². The third kappa shape index (κ3) is 5.72. The summed E-state index contributed by atoms with van der Waals surface area (Å²) in [5.41, 5.74) is 2.33. The van der Waals surface area contributed by atoms with Crippen LogP contribution in [0.5, 0.6) is 5.75 Å². The Hall–Kier alpha value is -2.54. The number of rotatable bonds is 9. The molecule has 0 aliphatic rings. The molecular formula is C20H32N6O. The van der Waals surface area contributed by atoms with Gasteiger partial charge in [0.05, 0.1) is 25.4 Å². The zero-order chi connectivity index (χ0) is 19.6. The van der Waals surface area contributed by atoms with Crippen LogP contribution in [0.25, 0.3) is 0 Å². The molecule has 1 heterocycles. The van der Waals surface area contributed by atoms with Gasteiger partial charge >= 0.3 is 0 Å². The molecule has 1 aromatic carbocycles. The predicted molar refractivity (Wildman–Crippen MR) is 110 cm³/mol. The number of aliphatic imine (C=N–C) groups is 1. The fraction of sp³-hybridized carbons (Fsp3) is 0.500. The molecular weight excluding hydrogens is 340 g/mol. The number of methoxy groups -OCH3 is 1. The van der Waals surface area contributed by atoms with Crippen LogP contribution in [0.1, 0.15) is 31.1 Å². The lowest BCUT2D eigenvalue weighted by Crippen LogP contribution is -2.43. The van der Waals surface area contributed by atoms with Crippen LogP contribution in [0, 0.1) is 0 Å². The van der Waals surface area contributed by atoms with Crippen LogP contribution < -0.4 is 15.4 Å². The summed E-state index contributed by atoms with van der Waals surface area (Å²) in [6.45, 7) is 7.74. The molecule has 0 amide bonds. The molecule has 0 aliphatic carbocycles. The lowest BCUT2D eigenvalue weighted by atomic mass is 10.0. The highest BCUT2D eigenvalue weighted by Gasteiger charge is 2.19. The van der Waals surface area contributed by atoms with E-state index in [4.69, 9.17) is 4.74 Å². The molecule has 7 nitrogen and oxygen atoms in total. The average Bonchev–Trinajstić information content (AvgIpc) is 3.12. The molecule has 148 valence electrons. The van der Waals surface area contributed by atoms with E-state index in [9.17, 15) is 0 Å². The summed E-state index contributed by atoms with van der Waals surface area (Å²) in [6, 6.07) is 10.5. The Morgan fingerprint density at radius 3 is 2.63 bits per heavy atom. The molecule has 7 heteroatoms. The number of nitrogens with one attached hydrogen (secondary N) is 2. The second-order valence-corrected chi connectivity index (χ2v) is 6.27. The van der Waals surface area contributed by atoms with Gasteiger partial charge in [-0.1, -0.05) is 26.0 Å². The normalized spacial score (nSPS) is 12.9. The first-order valence-corrected chi connectivity index (χ1v) is 9.42. The minimum atomic E-state index is 0.227. The van der Waals surface area contributed by atoms with Crippen LogP contribution in [0.15, 0.2) is 41.5 Å². The molecule has 0 radical (unpaired) electrons. The van der Waals surface area contributed by atoms with Gasteiger partial charge in [-0.05, 0) is 36.9 Å². The number of hydrogen-bond donors (Lipinski definition) is 2. The second-order valence-electron chi connectivity index (χ2n) is 6.27. The van der Waals surface area contributed by atoms with Gasteiger partial charge in [0, 0.05) is 26.8 Å². The first-order valence-electron chi connectivity index (χ1n) is 9.42. The van der Waals surface area contributed by atoms with E-state index in [1.807, 2.05) is 29.9 Å². The van der Waals surface area contributed by atoms with Crippen molar-refractivity contribution in [3.05, 3.63) is 47.8 Å². The largest absolute Gasteiger partial charge is 0.497 e. The number of benzene rings is 1. The Balaban J connectivity index is 2.06. The SMILES string of the molecule is CCN(CC)C(CNC(=NC)NCc1ccnn1C)c1cccc(OC)c1. The summed E-state index contributed by atoms with van der Waals surface area (Å²) in [7, 11) is 5.43. The van der Waals surface area contributed by atoms with E-state index < -0.39 is 0 Å². The lowest BCUT2D eigenvalue weighted by molar-refractivity contribution is 0.218. The van der Waals surface area contributed by atoms with Gasteiger partial charge in [-0.15, -0.1) is 0 Å². The van der Waals surface area contributed by atoms with Gasteiger partial charge < -0.3 is 15.4 Å². The molecule has 2 rings (SSSR count). The molecule has 2 N–H and O–H groups in total. The molecule has 0 saturated carbocycles. The third-order valence-corrected chi connectivity index (χ3v) is 4.78. The van der Waals surface area contributed by atoms with Crippen molar-refractivity contribution < 1.29 is 4.74 Å². The van der Waals surface area contributed by atoms with Crippen LogP contribution in [-0.2, 0) is 13.6 Å². The van der Waals surface area contributed by atoms with Crippen molar-refractivity contribution in [1.82, 2.24) is 25.3 Å². The number of aromatic nitrogens is 2. The molecule has 27 heavy (non-hydrogen) atoms. The van der Waals surface area contributed by atoms with Gasteiger partial charge in [0.15, 0.2) is 5.96 Å². The lowest BCUT2D eigenvalue weighted by Gasteiger charge is -2.31. The molecule has 1 atom stereocenters. The molecule has 1 aromatic heterocycles. The minimum Gasteiger partial charge on any atom is -0.497 e. The Morgan fingerprint density at radius 2 is 2.04 bits per heavy atom. The van der Waals surface area contributed by atoms with E-state index in [0.29, 0.717) is 6.54 Å². The van der Waals surface area contributed by atoms with E-state index in [1.165, 1.54) is 5.56 Å². The van der Waals surface area contributed by atoms with E-state index >= 15 is 0 Å². The average molecular weight is 373 g/mol. The summed E-state index contributed by atoms with van der Waals surface area (Å²) in [4.78, 5) is 6.78. The minimum absolute atomic E-state index is 0.227. The maximum absolute atomic E-state index is 5.41. The van der Waals surface area contributed by atoms with Crippen molar-refractivity contribution in [2.45, 2.75) is 26.4 Å². The summed E-state index contributed by atoms with van der Waals surface area (Å²) in [6.07, 6.45) is 1.80. The molecule has 0 saturated heterocycles. The van der Waals surface area contributed by atoms with Crippen LogP contribution >= 0.6 is 0 Å². The Kier molecular flexibility index (Phi) is 8.13. The van der Waals surface area contributed by atoms with Gasteiger partial charge in [0.25, 0.3) is 0 Å². The van der Waals surface area contributed by atoms with Gasteiger partial charge in [-0.2, -0.15) is 5.10 Å². The highest BCUT2D eigenvalue weighted by atomic mass is 16.5. The monoisotopic (exact) mass is 372 g/mol. The standard InChI is InChI=1S/C20H32N6O/c1-6-26(7-2)19(16-9-8-10-18(13-16)27-5)15-23-20(21-3)22-14-17-11-12-24-25(17)4/h8-13,19H,6-7,14-15H2,1-5H3,(H2,21,22,23). The van der Waals surface area contributed by atoms with E-state index in [0.717, 1.165) is 37.0 Å². The molecule has 2 aromatic rings. The van der Waals surface area contributed by atoms with Crippen molar-refractivity contribution in [1.29, 1.82) is 0 Å². The summed E-state index contributed by atoms with van der Waals surface area (Å²) in [5.74, 6) is 1.65. The second kappa shape index (κ2) is 10.6. The molecule has 0 spiro atoms. The number of nitrogens with zero attached hydrogens (tertiary/aromatic N) is 4. The van der Waals surface area contributed by atoms with Crippen molar-refractivity contribution in [2.75, 3.05) is 33.8 Å². The molecule has 0 aliphatic heterocycles. The highest BCUT2D eigenvalue weighted by Crippen LogP contribution is 2.23. The van der Waals surface area contributed by atoms with Crippen molar-refractivity contribution in [3.8, 4) is 5.75 Å². The summed E-state index contributed by atoms with van der Waals surface area (Å²) < 4.78 is 7.26.